The van der Waals surface area contributed by atoms with Crippen LogP contribution < -0.4 is 4.72 Å². The summed E-state index contributed by atoms with van der Waals surface area (Å²) in [7, 11) is -3.71. The smallest absolute Gasteiger partial charge is 0.322 e. The molecule has 1 saturated carbocycles. The minimum atomic E-state index is -3.71. The lowest BCUT2D eigenvalue weighted by atomic mass is 9.76. The van der Waals surface area contributed by atoms with E-state index in [0.29, 0.717) is 13.0 Å². The molecule has 1 saturated heterocycles. The van der Waals surface area contributed by atoms with Gasteiger partial charge in [0.05, 0.1) is 0 Å². The Morgan fingerprint density at radius 2 is 2.05 bits per heavy atom. The van der Waals surface area contributed by atoms with E-state index in [4.69, 9.17) is 5.11 Å². The second-order valence-electron chi connectivity index (χ2n) is 5.56. The summed E-state index contributed by atoms with van der Waals surface area (Å²) in [4.78, 5) is 11.2. The number of piperidine rings is 1. The highest BCUT2D eigenvalue weighted by Gasteiger charge is 2.43. The molecule has 19 heavy (non-hydrogen) atoms. The summed E-state index contributed by atoms with van der Waals surface area (Å²) in [6.45, 7) is 2.26. The van der Waals surface area contributed by atoms with Crippen LogP contribution in [0.2, 0.25) is 0 Å². The van der Waals surface area contributed by atoms with Gasteiger partial charge < -0.3 is 5.11 Å². The van der Waals surface area contributed by atoms with Crippen LogP contribution in [0.4, 0.5) is 0 Å². The molecule has 2 fully saturated rings. The fourth-order valence-corrected chi connectivity index (χ4v) is 4.82. The SMILES string of the molecule is CCC1(NS(=O)(=O)N2CCCCC2C(=O)O)CCC1. The van der Waals surface area contributed by atoms with Crippen LogP contribution in [0, 0.1) is 0 Å². The average Bonchev–Trinajstić information content (AvgIpc) is 2.34. The zero-order chi connectivity index (χ0) is 14.1. The van der Waals surface area contributed by atoms with E-state index >= 15 is 0 Å². The highest BCUT2D eigenvalue weighted by Crippen LogP contribution is 2.36. The van der Waals surface area contributed by atoms with E-state index in [1.54, 1.807) is 0 Å². The predicted octanol–water partition coefficient (Wildman–Crippen LogP) is 1.09. The number of carboxylic acid groups (broad SMARTS) is 1. The molecule has 110 valence electrons. The van der Waals surface area contributed by atoms with E-state index in [1.807, 2.05) is 6.92 Å². The highest BCUT2D eigenvalue weighted by atomic mass is 32.2. The number of carbonyl (C=O) groups is 1. The lowest BCUT2D eigenvalue weighted by Crippen LogP contribution is -2.60. The van der Waals surface area contributed by atoms with Crippen molar-refractivity contribution in [3.05, 3.63) is 0 Å². The Morgan fingerprint density at radius 3 is 2.53 bits per heavy atom. The maximum atomic E-state index is 12.4. The molecule has 1 aliphatic heterocycles. The van der Waals surface area contributed by atoms with Crippen molar-refractivity contribution in [2.24, 2.45) is 0 Å². The molecule has 1 unspecified atom stereocenters. The topological polar surface area (TPSA) is 86.7 Å². The second kappa shape index (κ2) is 5.38. The first kappa shape index (κ1) is 14.7. The van der Waals surface area contributed by atoms with E-state index in [9.17, 15) is 13.2 Å². The van der Waals surface area contributed by atoms with Gasteiger partial charge in [-0.3, -0.25) is 4.79 Å². The molecule has 0 amide bonds. The van der Waals surface area contributed by atoms with E-state index in [0.717, 1.165) is 42.8 Å². The van der Waals surface area contributed by atoms with Crippen molar-refractivity contribution >= 4 is 16.2 Å². The minimum absolute atomic E-state index is 0.298. The van der Waals surface area contributed by atoms with E-state index in [2.05, 4.69) is 4.72 Å². The maximum Gasteiger partial charge on any atom is 0.322 e. The van der Waals surface area contributed by atoms with E-state index in [1.165, 1.54) is 0 Å². The number of carboxylic acids is 1. The Morgan fingerprint density at radius 1 is 1.37 bits per heavy atom. The van der Waals surface area contributed by atoms with Gasteiger partial charge in [0, 0.05) is 12.1 Å². The highest BCUT2D eigenvalue weighted by molar-refractivity contribution is 7.87. The van der Waals surface area contributed by atoms with Gasteiger partial charge in [0.25, 0.3) is 10.2 Å². The fourth-order valence-electron chi connectivity index (χ4n) is 2.90. The summed E-state index contributed by atoms with van der Waals surface area (Å²) in [5.74, 6) is -1.05. The number of rotatable bonds is 5. The zero-order valence-corrected chi connectivity index (χ0v) is 12.1. The molecule has 0 aromatic carbocycles. The van der Waals surface area contributed by atoms with Crippen molar-refractivity contribution in [3.8, 4) is 0 Å². The molecule has 0 radical (unpaired) electrons. The van der Waals surface area contributed by atoms with Crippen molar-refractivity contribution < 1.29 is 18.3 Å². The van der Waals surface area contributed by atoms with Gasteiger partial charge in [0.1, 0.15) is 6.04 Å². The first-order valence-electron chi connectivity index (χ1n) is 6.94. The van der Waals surface area contributed by atoms with Crippen molar-refractivity contribution in [1.29, 1.82) is 0 Å². The lowest BCUT2D eigenvalue weighted by Gasteiger charge is -2.43. The molecule has 2 N–H and O–H groups in total. The van der Waals surface area contributed by atoms with Crippen molar-refractivity contribution in [2.75, 3.05) is 6.54 Å². The molecule has 6 nitrogen and oxygen atoms in total. The Labute approximate surface area is 114 Å². The van der Waals surface area contributed by atoms with E-state index in [-0.39, 0.29) is 5.54 Å². The third-order valence-electron chi connectivity index (χ3n) is 4.38. The first-order valence-corrected chi connectivity index (χ1v) is 8.38. The van der Waals surface area contributed by atoms with Gasteiger partial charge >= 0.3 is 5.97 Å². The molecular weight excluding hydrogens is 268 g/mol. The molecule has 2 rings (SSSR count). The predicted molar refractivity (Wildman–Crippen MR) is 70.9 cm³/mol. The Bertz CT molecular complexity index is 439. The Hall–Kier alpha value is -0.660. The van der Waals surface area contributed by atoms with Crippen LogP contribution in [0.5, 0.6) is 0 Å². The molecule has 0 aromatic heterocycles. The summed E-state index contributed by atoms with van der Waals surface area (Å²) < 4.78 is 28.7. The molecule has 0 aromatic rings. The van der Waals surface area contributed by atoms with Crippen LogP contribution in [-0.2, 0) is 15.0 Å². The van der Waals surface area contributed by atoms with Gasteiger partial charge in [-0.05, 0) is 44.9 Å². The number of hydrogen-bond donors (Lipinski definition) is 2. The van der Waals surface area contributed by atoms with Crippen LogP contribution in [0.25, 0.3) is 0 Å². The lowest BCUT2D eigenvalue weighted by molar-refractivity contribution is -0.142. The second-order valence-corrected chi connectivity index (χ2v) is 7.18. The first-order chi connectivity index (χ1) is 8.90. The molecule has 2 aliphatic rings. The molecular formula is C12H22N2O4S. The van der Waals surface area contributed by atoms with Gasteiger partial charge in [-0.15, -0.1) is 0 Å². The largest absolute Gasteiger partial charge is 0.480 e. The normalized spacial score (nSPS) is 27.7. The zero-order valence-electron chi connectivity index (χ0n) is 11.3. The quantitative estimate of drug-likeness (QED) is 0.793. The average molecular weight is 290 g/mol. The Kier molecular flexibility index (Phi) is 4.17. The summed E-state index contributed by atoms with van der Waals surface area (Å²) in [6.07, 6.45) is 5.35. The Balaban J connectivity index is 2.15. The summed E-state index contributed by atoms with van der Waals surface area (Å²) in [5, 5.41) is 9.16. The standard InChI is InChI=1S/C12H22N2O4S/c1-2-12(7-5-8-12)13-19(17,18)14-9-4-3-6-10(14)11(15)16/h10,13H,2-9H2,1H3,(H,15,16). The fraction of sp³-hybridized carbons (Fsp3) is 0.917. The number of nitrogens with zero attached hydrogens (tertiary/aromatic N) is 1. The van der Waals surface area contributed by atoms with Crippen molar-refractivity contribution in [2.45, 2.75) is 63.5 Å². The number of hydrogen-bond acceptors (Lipinski definition) is 3. The van der Waals surface area contributed by atoms with Gasteiger partial charge in [-0.2, -0.15) is 17.4 Å². The minimum Gasteiger partial charge on any atom is -0.480 e. The summed E-state index contributed by atoms with van der Waals surface area (Å²) >= 11 is 0. The molecule has 1 heterocycles. The molecule has 1 atom stereocenters. The van der Waals surface area contributed by atoms with Gasteiger partial charge in [-0.1, -0.05) is 6.92 Å². The van der Waals surface area contributed by atoms with Crippen molar-refractivity contribution in [3.63, 3.8) is 0 Å². The monoisotopic (exact) mass is 290 g/mol. The molecule has 7 heteroatoms. The summed E-state index contributed by atoms with van der Waals surface area (Å²) in [6, 6.07) is -0.916. The van der Waals surface area contributed by atoms with E-state index < -0.39 is 22.2 Å². The third kappa shape index (κ3) is 2.93. The van der Waals surface area contributed by atoms with Crippen LogP contribution in [0.15, 0.2) is 0 Å². The molecule has 0 spiro atoms. The van der Waals surface area contributed by atoms with Gasteiger partial charge in [0.2, 0.25) is 0 Å². The molecule has 0 bridgehead atoms. The number of nitrogens with one attached hydrogen (secondary N) is 1. The van der Waals surface area contributed by atoms with Gasteiger partial charge in [-0.25, -0.2) is 0 Å². The van der Waals surface area contributed by atoms with Crippen LogP contribution >= 0.6 is 0 Å². The van der Waals surface area contributed by atoms with Crippen LogP contribution in [-0.4, -0.2) is 41.9 Å². The summed E-state index contributed by atoms with van der Waals surface area (Å²) in [5.41, 5.74) is -0.348. The number of aliphatic carboxylic acids is 1. The van der Waals surface area contributed by atoms with Crippen LogP contribution in [0.1, 0.15) is 51.9 Å². The maximum absolute atomic E-state index is 12.4. The van der Waals surface area contributed by atoms with Crippen LogP contribution in [0.3, 0.4) is 0 Å². The third-order valence-corrected chi connectivity index (χ3v) is 6.13. The molecule has 1 aliphatic carbocycles. The van der Waals surface area contributed by atoms with Gasteiger partial charge in [0.15, 0.2) is 0 Å². The van der Waals surface area contributed by atoms with Crippen molar-refractivity contribution in [1.82, 2.24) is 9.03 Å².